The van der Waals surface area contributed by atoms with Gasteiger partial charge in [0.05, 0.1) is 19.3 Å². The number of rotatable bonds is 12. The van der Waals surface area contributed by atoms with Crippen LogP contribution < -0.4 is 5.73 Å². The Hall–Kier alpha value is -1.52. The third kappa shape index (κ3) is 12.0. The average molecular weight is 299 g/mol. The highest BCUT2D eigenvalue weighted by molar-refractivity contribution is 5.95. The Bertz CT molecular complexity index is 326. The summed E-state index contributed by atoms with van der Waals surface area (Å²) in [6.07, 6.45) is 9.19. The molecule has 0 fully saturated rings. The van der Waals surface area contributed by atoms with E-state index in [0.29, 0.717) is 13.2 Å². The fourth-order valence-corrected chi connectivity index (χ4v) is 1.71. The number of nitrogens with two attached hydrogens (primary N) is 1. The third-order valence-electron chi connectivity index (χ3n) is 2.98. The molecule has 0 spiro atoms. The first-order chi connectivity index (χ1) is 10.1. The Morgan fingerprint density at radius 3 is 1.90 bits per heavy atom. The van der Waals surface area contributed by atoms with Crippen molar-refractivity contribution in [3.05, 3.63) is 11.8 Å². The number of carbonyl (C=O) groups is 2. The van der Waals surface area contributed by atoms with Gasteiger partial charge in [0, 0.05) is 0 Å². The van der Waals surface area contributed by atoms with Gasteiger partial charge in [-0.2, -0.15) is 0 Å². The molecule has 0 unspecified atom stereocenters. The number of esters is 2. The summed E-state index contributed by atoms with van der Waals surface area (Å²) >= 11 is 0. The van der Waals surface area contributed by atoms with Crippen LogP contribution in [0.2, 0.25) is 0 Å². The first-order valence-corrected chi connectivity index (χ1v) is 7.92. The highest BCUT2D eigenvalue weighted by atomic mass is 16.5. The van der Waals surface area contributed by atoms with Crippen LogP contribution in [0.25, 0.3) is 0 Å². The molecule has 0 aromatic rings. The van der Waals surface area contributed by atoms with Gasteiger partial charge < -0.3 is 15.2 Å². The molecule has 0 atom stereocenters. The van der Waals surface area contributed by atoms with Crippen molar-refractivity contribution in [2.45, 2.75) is 65.2 Å². The number of carbonyl (C=O) groups excluding carboxylic acids is 2. The van der Waals surface area contributed by atoms with E-state index in [-0.39, 0.29) is 5.70 Å². The maximum atomic E-state index is 11.5. The van der Waals surface area contributed by atoms with Gasteiger partial charge in [-0.1, -0.05) is 52.4 Å². The summed E-state index contributed by atoms with van der Waals surface area (Å²) in [6.45, 7) is 4.91. The van der Waals surface area contributed by atoms with Gasteiger partial charge in [-0.3, -0.25) is 0 Å². The van der Waals surface area contributed by atoms with Crippen LogP contribution in [0.15, 0.2) is 11.8 Å². The molecule has 122 valence electrons. The largest absolute Gasteiger partial charge is 0.462 e. The molecule has 2 N–H and O–H groups in total. The van der Waals surface area contributed by atoms with E-state index in [4.69, 9.17) is 15.2 Å². The molecule has 0 aromatic carbocycles. The van der Waals surface area contributed by atoms with Crippen LogP contribution >= 0.6 is 0 Å². The van der Waals surface area contributed by atoms with Crippen LogP contribution in [0.1, 0.15) is 65.2 Å². The first-order valence-electron chi connectivity index (χ1n) is 7.92. The predicted octanol–water partition coefficient (Wildman–Crippen LogP) is 3.08. The molecule has 21 heavy (non-hydrogen) atoms. The van der Waals surface area contributed by atoms with E-state index < -0.39 is 11.9 Å². The Morgan fingerprint density at radius 2 is 1.38 bits per heavy atom. The van der Waals surface area contributed by atoms with Crippen LogP contribution in [0.5, 0.6) is 0 Å². The molecule has 0 heterocycles. The number of unbranched alkanes of at least 4 members (excludes halogenated alkanes) is 6. The van der Waals surface area contributed by atoms with E-state index in [1.807, 2.05) is 0 Å². The minimum absolute atomic E-state index is 0.205. The van der Waals surface area contributed by atoms with Crippen molar-refractivity contribution in [2.75, 3.05) is 13.2 Å². The number of ether oxygens (including phenoxy) is 2. The molecule has 5 nitrogen and oxygen atoms in total. The SMILES string of the molecule is CCCCCCOC(=O)C=C(N)C(=O)OCCCCCC. The predicted molar refractivity (Wildman–Crippen MR) is 82.5 cm³/mol. The quantitative estimate of drug-likeness (QED) is 0.340. The van der Waals surface area contributed by atoms with Crippen LogP contribution in [0.3, 0.4) is 0 Å². The van der Waals surface area contributed by atoms with E-state index in [0.717, 1.165) is 57.4 Å². The van der Waals surface area contributed by atoms with E-state index in [9.17, 15) is 9.59 Å². The monoisotopic (exact) mass is 299 g/mol. The summed E-state index contributed by atoms with van der Waals surface area (Å²) in [6, 6.07) is 0. The molecular formula is C16H29NO4. The lowest BCUT2D eigenvalue weighted by molar-refractivity contribution is -0.141. The average Bonchev–Trinajstić information content (AvgIpc) is 2.46. The lowest BCUT2D eigenvalue weighted by Crippen LogP contribution is -2.18. The second kappa shape index (κ2) is 13.5. The number of hydrogen-bond acceptors (Lipinski definition) is 5. The lowest BCUT2D eigenvalue weighted by Gasteiger charge is -2.05. The summed E-state index contributed by atoms with van der Waals surface area (Å²) < 4.78 is 9.93. The van der Waals surface area contributed by atoms with Crippen molar-refractivity contribution in [2.24, 2.45) is 5.73 Å². The molecule has 0 radical (unpaired) electrons. The fourth-order valence-electron chi connectivity index (χ4n) is 1.71. The summed E-state index contributed by atoms with van der Waals surface area (Å²) in [5.41, 5.74) is 5.29. The zero-order chi connectivity index (χ0) is 15.9. The lowest BCUT2D eigenvalue weighted by atomic mass is 10.2. The van der Waals surface area contributed by atoms with Gasteiger partial charge in [-0.25, -0.2) is 9.59 Å². The highest BCUT2D eigenvalue weighted by Gasteiger charge is 2.09. The highest BCUT2D eigenvalue weighted by Crippen LogP contribution is 2.01. The molecule has 5 heteroatoms. The van der Waals surface area contributed by atoms with E-state index in [2.05, 4.69) is 13.8 Å². The van der Waals surface area contributed by atoms with Gasteiger partial charge in [0.1, 0.15) is 5.70 Å². The molecule has 0 aliphatic heterocycles. The summed E-state index contributed by atoms with van der Waals surface area (Å²) in [5, 5.41) is 0. The van der Waals surface area contributed by atoms with Gasteiger partial charge in [-0.15, -0.1) is 0 Å². The Morgan fingerprint density at radius 1 is 0.857 bits per heavy atom. The molecule has 0 aliphatic carbocycles. The summed E-state index contributed by atoms with van der Waals surface area (Å²) in [4.78, 5) is 22.9. The van der Waals surface area contributed by atoms with E-state index in [1.165, 1.54) is 0 Å². The smallest absolute Gasteiger partial charge is 0.354 e. The summed E-state index contributed by atoms with van der Waals surface area (Å²) in [5.74, 6) is -1.25. The van der Waals surface area contributed by atoms with Gasteiger partial charge in [0.15, 0.2) is 0 Å². The van der Waals surface area contributed by atoms with Crippen molar-refractivity contribution in [1.29, 1.82) is 0 Å². The van der Waals surface area contributed by atoms with E-state index >= 15 is 0 Å². The van der Waals surface area contributed by atoms with Crippen LogP contribution in [0.4, 0.5) is 0 Å². The second-order valence-electron chi connectivity index (χ2n) is 5.02. The van der Waals surface area contributed by atoms with Gasteiger partial charge in [-0.05, 0) is 12.8 Å². The van der Waals surface area contributed by atoms with Crippen LogP contribution in [-0.2, 0) is 19.1 Å². The second-order valence-corrected chi connectivity index (χ2v) is 5.02. The Kier molecular flexibility index (Phi) is 12.5. The zero-order valence-electron chi connectivity index (χ0n) is 13.4. The number of hydrogen-bond donors (Lipinski definition) is 1. The van der Waals surface area contributed by atoms with Crippen molar-refractivity contribution >= 4 is 11.9 Å². The molecule has 0 aliphatic rings. The Labute approximate surface area is 127 Å². The molecule has 0 amide bonds. The van der Waals surface area contributed by atoms with Gasteiger partial charge in [0.25, 0.3) is 0 Å². The first kappa shape index (κ1) is 19.5. The maximum Gasteiger partial charge on any atom is 0.354 e. The molecule has 0 saturated heterocycles. The topological polar surface area (TPSA) is 78.6 Å². The maximum absolute atomic E-state index is 11.5. The molecule has 0 bridgehead atoms. The molecular weight excluding hydrogens is 270 g/mol. The molecule has 0 saturated carbocycles. The van der Waals surface area contributed by atoms with Crippen molar-refractivity contribution in [3.8, 4) is 0 Å². The fraction of sp³-hybridized carbons (Fsp3) is 0.750. The van der Waals surface area contributed by atoms with Crippen LogP contribution in [-0.4, -0.2) is 25.2 Å². The van der Waals surface area contributed by atoms with Crippen molar-refractivity contribution < 1.29 is 19.1 Å². The summed E-state index contributed by atoms with van der Waals surface area (Å²) in [7, 11) is 0. The van der Waals surface area contributed by atoms with Crippen molar-refractivity contribution in [3.63, 3.8) is 0 Å². The standard InChI is InChI=1S/C16H29NO4/c1-3-5-7-9-11-20-15(18)13-14(17)16(19)21-12-10-8-6-4-2/h13H,3-12,17H2,1-2H3. The Balaban J connectivity index is 3.81. The van der Waals surface area contributed by atoms with Gasteiger partial charge >= 0.3 is 11.9 Å². The molecule has 0 aromatic heterocycles. The third-order valence-corrected chi connectivity index (χ3v) is 2.98. The van der Waals surface area contributed by atoms with Gasteiger partial charge in [0.2, 0.25) is 0 Å². The molecule has 0 rings (SSSR count). The normalized spacial score (nSPS) is 11.2. The van der Waals surface area contributed by atoms with E-state index in [1.54, 1.807) is 0 Å². The van der Waals surface area contributed by atoms with Crippen LogP contribution in [0, 0.1) is 0 Å². The minimum Gasteiger partial charge on any atom is -0.462 e. The zero-order valence-corrected chi connectivity index (χ0v) is 13.4. The van der Waals surface area contributed by atoms with Crippen molar-refractivity contribution in [1.82, 2.24) is 0 Å². The minimum atomic E-state index is -0.658.